The maximum Gasteiger partial charge on any atom is 0.0113 e. The zero-order valence-electron chi connectivity index (χ0n) is 22.4. The van der Waals surface area contributed by atoms with Crippen LogP contribution in [0.3, 0.4) is 0 Å². The molecule has 4 rings (SSSR count). The van der Waals surface area contributed by atoms with Crippen molar-refractivity contribution in [2.75, 3.05) is 39.8 Å². The van der Waals surface area contributed by atoms with Crippen LogP contribution in [0.4, 0.5) is 0 Å². The van der Waals surface area contributed by atoms with Gasteiger partial charge in [-0.2, -0.15) is 0 Å². The molecule has 2 bridgehead atoms. The molecule has 1 aliphatic carbocycles. The SMILES string of the molecule is CC.CC(C)N1CCN(CC2CC3CC(C2)N3C)CC1.CCC.CCC.CCC. The van der Waals surface area contributed by atoms with Crippen LogP contribution in [-0.4, -0.2) is 72.6 Å². The fraction of sp³-hybridized carbons (Fsp3) is 1.00. The van der Waals surface area contributed by atoms with Gasteiger partial charge in [-0.1, -0.05) is 74.7 Å². The van der Waals surface area contributed by atoms with Crippen molar-refractivity contribution >= 4 is 0 Å². The zero-order valence-corrected chi connectivity index (χ0v) is 22.4. The molecule has 0 N–H and O–H groups in total. The van der Waals surface area contributed by atoms with Crippen molar-refractivity contribution in [1.29, 1.82) is 0 Å². The van der Waals surface area contributed by atoms with E-state index in [0.29, 0.717) is 0 Å². The quantitative estimate of drug-likeness (QED) is 0.505. The van der Waals surface area contributed by atoms with E-state index >= 15 is 0 Å². The molecule has 29 heavy (non-hydrogen) atoms. The van der Waals surface area contributed by atoms with Gasteiger partial charge in [0.2, 0.25) is 0 Å². The van der Waals surface area contributed by atoms with Gasteiger partial charge in [0.1, 0.15) is 0 Å². The van der Waals surface area contributed by atoms with Crippen molar-refractivity contribution in [3.8, 4) is 0 Å². The van der Waals surface area contributed by atoms with Crippen molar-refractivity contribution < 1.29 is 0 Å². The summed E-state index contributed by atoms with van der Waals surface area (Å²) in [5.74, 6) is 0.982. The first kappa shape index (κ1) is 31.1. The standard InChI is InChI=1S/C15H29N3.3C3H8.C2H6/c1-12(2)18-6-4-17(5-7-18)11-13-8-14-10-15(9-13)16(14)3;3*1-3-2;1-2/h12-15H,4-11H2,1-3H3;3*3H2,1-2H3;1-2H3. The molecule has 3 heterocycles. The Morgan fingerprint density at radius 1 is 0.690 bits per heavy atom. The average molecular weight is 414 g/mol. The van der Waals surface area contributed by atoms with E-state index in [1.165, 1.54) is 71.2 Å². The highest BCUT2D eigenvalue weighted by Crippen LogP contribution is 2.40. The zero-order chi connectivity index (χ0) is 22.8. The smallest absolute Gasteiger partial charge is 0.0113 e. The Kier molecular flexibility index (Phi) is 21.2. The van der Waals surface area contributed by atoms with Crippen LogP contribution >= 0.6 is 0 Å². The van der Waals surface area contributed by atoms with Crippen LogP contribution in [0.2, 0.25) is 0 Å². The highest BCUT2D eigenvalue weighted by molar-refractivity contribution is 4.98. The van der Waals surface area contributed by atoms with Crippen LogP contribution in [-0.2, 0) is 0 Å². The van der Waals surface area contributed by atoms with E-state index < -0.39 is 0 Å². The number of hydrogen-bond donors (Lipinski definition) is 0. The van der Waals surface area contributed by atoms with E-state index in [1.54, 1.807) is 0 Å². The lowest BCUT2D eigenvalue weighted by Gasteiger charge is -2.54. The van der Waals surface area contributed by atoms with Crippen molar-refractivity contribution in [1.82, 2.24) is 14.7 Å². The lowest BCUT2D eigenvalue weighted by Crippen LogP contribution is -2.60. The monoisotopic (exact) mass is 413 g/mol. The fourth-order valence-electron chi connectivity index (χ4n) is 4.17. The Morgan fingerprint density at radius 3 is 1.38 bits per heavy atom. The summed E-state index contributed by atoms with van der Waals surface area (Å²) in [7, 11) is 2.32. The molecule has 0 aromatic carbocycles. The van der Waals surface area contributed by atoms with Crippen molar-refractivity contribution in [3.63, 3.8) is 0 Å². The first-order chi connectivity index (χ1) is 13.9. The first-order valence-electron chi connectivity index (χ1n) is 13.1. The van der Waals surface area contributed by atoms with Gasteiger partial charge in [-0.15, -0.1) is 0 Å². The Morgan fingerprint density at radius 2 is 1.07 bits per heavy atom. The van der Waals surface area contributed by atoms with Gasteiger partial charge >= 0.3 is 0 Å². The second kappa shape index (κ2) is 19.8. The molecule has 2 unspecified atom stereocenters. The molecule has 0 aromatic rings. The van der Waals surface area contributed by atoms with Crippen LogP contribution in [0.15, 0.2) is 0 Å². The summed E-state index contributed by atoms with van der Waals surface area (Å²) >= 11 is 0. The summed E-state index contributed by atoms with van der Waals surface area (Å²) in [6, 6.07) is 2.57. The lowest BCUT2D eigenvalue weighted by atomic mass is 9.74. The second-order valence-electron chi connectivity index (χ2n) is 9.10. The normalized spacial score (nSPS) is 26.3. The minimum atomic E-state index is 0.725. The number of piperazine rings is 1. The summed E-state index contributed by atoms with van der Waals surface area (Å²) in [5.41, 5.74) is 0. The Balaban J connectivity index is 0. The molecule has 3 nitrogen and oxygen atoms in total. The summed E-state index contributed by atoms with van der Waals surface area (Å²) in [6.45, 7) is 27.9. The number of fused-ring (bicyclic) bond motifs is 2. The summed E-state index contributed by atoms with van der Waals surface area (Å²) in [4.78, 5) is 7.93. The molecular weight excluding hydrogens is 354 g/mol. The van der Waals surface area contributed by atoms with Crippen molar-refractivity contribution in [2.24, 2.45) is 5.92 Å². The van der Waals surface area contributed by atoms with E-state index in [-0.39, 0.29) is 0 Å². The van der Waals surface area contributed by atoms with Gasteiger partial charge in [-0.3, -0.25) is 4.90 Å². The number of hydrogen-bond acceptors (Lipinski definition) is 3. The minimum absolute atomic E-state index is 0.725. The van der Waals surface area contributed by atoms with Crippen LogP contribution in [0.1, 0.15) is 108 Å². The van der Waals surface area contributed by atoms with E-state index in [1.807, 2.05) is 13.8 Å². The second-order valence-corrected chi connectivity index (χ2v) is 9.10. The van der Waals surface area contributed by atoms with Crippen LogP contribution in [0.25, 0.3) is 0 Å². The molecule has 3 saturated heterocycles. The molecule has 0 amide bonds. The lowest BCUT2D eigenvalue weighted by molar-refractivity contribution is -0.0406. The fourth-order valence-corrected chi connectivity index (χ4v) is 4.17. The highest BCUT2D eigenvalue weighted by Gasteiger charge is 2.43. The highest BCUT2D eigenvalue weighted by atomic mass is 15.3. The van der Waals surface area contributed by atoms with Crippen LogP contribution in [0.5, 0.6) is 0 Å². The Bertz CT molecular complexity index is 307. The molecular formula is C26H59N3. The van der Waals surface area contributed by atoms with E-state index in [9.17, 15) is 0 Å². The van der Waals surface area contributed by atoms with E-state index in [2.05, 4.69) is 77.1 Å². The molecule has 0 aromatic heterocycles. The number of rotatable bonds is 3. The predicted octanol–water partition coefficient (Wildman–Crippen LogP) is 6.77. The van der Waals surface area contributed by atoms with Crippen molar-refractivity contribution in [3.05, 3.63) is 0 Å². The van der Waals surface area contributed by atoms with Gasteiger partial charge in [0.05, 0.1) is 0 Å². The van der Waals surface area contributed by atoms with E-state index in [0.717, 1.165) is 24.0 Å². The number of nitrogens with zero attached hydrogens (tertiary/aromatic N) is 3. The third kappa shape index (κ3) is 13.0. The molecule has 0 radical (unpaired) electrons. The Hall–Kier alpha value is -0.120. The van der Waals surface area contributed by atoms with E-state index in [4.69, 9.17) is 0 Å². The van der Waals surface area contributed by atoms with Gasteiger partial charge in [-0.25, -0.2) is 0 Å². The molecule has 3 aliphatic heterocycles. The van der Waals surface area contributed by atoms with Gasteiger partial charge in [-0.05, 0) is 46.1 Å². The van der Waals surface area contributed by atoms with Gasteiger partial charge in [0, 0.05) is 50.8 Å². The minimum Gasteiger partial charge on any atom is -0.301 e. The van der Waals surface area contributed by atoms with Crippen LogP contribution < -0.4 is 0 Å². The van der Waals surface area contributed by atoms with Gasteiger partial charge in [0.25, 0.3) is 0 Å². The molecule has 178 valence electrons. The van der Waals surface area contributed by atoms with Crippen molar-refractivity contribution in [2.45, 2.75) is 126 Å². The topological polar surface area (TPSA) is 9.72 Å². The molecule has 4 aliphatic rings. The van der Waals surface area contributed by atoms with Crippen LogP contribution in [0, 0.1) is 5.92 Å². The Labute approximate surface area is 186 Å². The third-order valence-corrected chi connectivity index (χ3v) is 5.56. The predicted molar refractivity (Wildman–Crippen MR) is 135 cm³/mol. The molecule has 0 spiro atoms. The maximum absolute atomic E-state index is 2.72. The third-order valence-electron chi connectivity index (χ3n) is 5.56. The number of piperidine rings is 1. The first-order valence-corrected chi connectivity index (χ1v) is 13.1. The summed E-state index contributed by atoms with van der Waals surface area (Å²) in [5, 5.41) is 0. The maximum atomic E-state index is 2.72. The largest absolute Gasteiger partial charge is 0.301 e. The molecule has 2 atom stereocenters. The summed E-state index contributed by atoms with van der Waals surface area (Å²) in [6.07, 6.45) is 8.14. The molecule has 1 saturated carbocycles. The van der Waals surface area contributed by atoms with Gasteiger partial charge < -0.3 is 9.80 Å². The van der Waals surface area contributed by atoms with Gasteiger partial charge in [0.15, 0.2) is 0 Å². The molecule has 4 fully saturated rings. The average Bonchev–Trinajstić information content (AvgIpc) is 2.71. The molecule has 3 heteroatoms. The summed E-state index contributed by atoms with van der Waals surface area (Å²) < 4.78 is 0.